The van der Waals surface area contributed by atoms with Crippen LogP contribution < -0.4 is 20.7 Å². The second-order valence-corrected chi connectivity index (χ2v) is 20.3. The molecule has 2 heterocycles. The third kappa shape index (κ3) is 5.93. The van der Waals surface area contributed by atoms with Crippen molar-refractivity contribution >= 4 is 72.4 Å². The van der Waals surface area contributed by atoms with Gasteiger partial charge in [-0.3, -0.25) is 0 Å². The summed E-state index contributed by atoms with van der Waals surface area (Å²) < 4.78 is 5.01. The zero-order valence-corrected chi connectivity index (χ0v) is 35.6. The molecule has 12 rings (SSSR count). The highest BCUT2D eigenvalue weighted by Gasteiger charge is 2.41. The molecule has 0 radical (unpaired) electrons. The van der Waals surface area contributed by atoms with Crippen molar-refractivity contribution in [2.24, 2.45) is 0 Å². The van der Waals surface area contributed by atoms with Crippen LogP contribution in [0.25, 0.3) is 77.2 Å². The van der Waals surface area contributed by atoms with Crippen LogP contribution in [0.3, 0.4) is 0 Å². The van der Waals surface area contributed by atoms with Crippen molar-refractivity contribution in [2.75, 3.05) is 0 Å². The van der Waals surface area contributed by atoms with Crippen molar-refractivity contribution in [1.82, 2.24) is 9.13 Å². The number of rotatable bonds is 8. The van der Waals surface area contributed by atoms with Gasteiger partial charge < -0.3 is 9.13 Å². The Balaban J connectivity index is 1.19. The molecule has 2 nitrogen and oxygen atoms in total. The van der Waals surface area contributed by atoms with Gasteiger partial charge >= 0.3 is 0 Å². The Morgan fingerprint density at radius 1 is 0.254 bits per heavy atom. The molecule has 12 aromatic rings. The highest BCUT2D eigenvalue weighted by Crippen LogP contribution is 2.42. The maximum atomic E-state index is 2.55. The molecule has 0 aliphatic carbocycles. The van der Waals surface area contributed by atoms with E-state index in [2.05, 4.69) is 264 Å². The fourth-order valence-electron chi connectivity index (χ4n) is 10.3. The Morgan fingerprint density at radius 2 is 0.683 bits per heavy atom. The number of fused-ring (bicyclic) bond motifs is 6. The van der Waals surface area contributed by atoms with Crippen molar-refractivity contribution in [3.05, 3.63) is 255 Å². The maximum absolute atomic E-state index is 2.83. The molecule has 0 spiro atoms. The van der Waals surface area contributed by atoms with Gasteiger partial charge in [0.25, 0.3) is 0 Å². The molecule has 0 saturated carbocycles. The fraction of sp³-hybridized carbons (Fsp3) is 0. The van der Waals surface area contributed by atoms with E-state index in [1.165, 1.54) is 86.6 Å². The first-order valence-electron chi connectivity index (χ1n) is 21.8. The monoisotopic (exact) mass is 818 g/mol. The van der Waals surface area contributed by atoms with Gasteiger partial charge in [0, 0.05) is 32.8 Å². The first-order chi connectivity index (χ1) is 31.3. The lowest BCUT2D eigenvalue weighted by molar-refractivity contribution is 1.16. The number of para-hydroxylation sites is 2. The molecule has 3 heteroatoms. The summed E-state index contributed by atoms with van der Waals surface area (Å²) in [5.74, 6) is 0. The van der Waals surface area contributed by atoms with E-state index in [1.54, 1.807) is 0 Å². The number of benzene rings is 10. The number of hydrogen-bond acceptors (Lipinski definition) is 0. The molecule has 2 aromatic heterocycles. The van der Waals surface area contributed by atoms with E-state index in [9.17, 15) is 0 Å². The lowest BCUT2D eigenvalue weighted by atomic mass is 10.00. The van der Waals surface area contributed by atoms with Gasteiger partial charge in [-0.1, -0.05) is 212 Å². The Kier molecular flexibility index (Phi) is 8.87. The fourth-order valence-corrected chi connectivity index (χ4v) is 15.0. The Labute approximate surface area is 368 Å². The quantitative estimate of drug-likeness (QED) is 0.107. The zero-order chi connectivity index (χ0) is 41.7. The molecule has 0 amide bonds. The average Bonchev–Trinajstić information content (AvgIpc) is 3.87. The molecule has 0 N–H and O–H groups in total. The molecule has 0 atom stereocenters. The molecular weight excluding hydrogens is 777 g/mol. The second-order valence-electron chi connectivity index (χ2n) is 16.5. The second kappa shape index (κ2) is 15.2. The minimum atomic E-state index is -2.83. The summed E-state index contributed by atoms with van der Waals surface area (Å²) in [5, 5.41) is 10.4. The Morgan fingerprint density at radius 3 is 1.25 bits per heavy atom. The Bertz CT molecular complexity index is 3480. The van der Waals surface area contributed by atoms with Gasteiger partial charge in [-0.05, 0) is 79.9 Å². The van der Waals surface area contributed by atoms with Crippen molar-refractivity contribution in [3.63, 3.8) is 0 Å². The van der Waals surface area contributed by atoms with Crippen LogP contribution >= 0.6 is 0 Å². The van der Waals surface area contributed by atoms with Crippen LogP contribution in [0.5, 0.6) is 0 Å². The molecule has 0 aliphatic heterocycles. The van der Waals surface area contributed by atoms with Gasteiger partial charge in [0.15, 0.2) is 8.07 Å². The number of nitrogens with zero attached hydrogens (tertiary/aromatic N) is 2. The van der Waals surface area contributed by atoms with Crippen molar-refractivity contribution in [3.8, 4) is 33.6 Å². The van der Waals surface area contributed by atoms with Crippen molar-refractivity contribution < 1.29 is 0 Å². The predicted octanol–water partition coefficient (Wildman–Crippen LogP) is 12.6. The summed E-state index contributed by atoms with van der Waals surface area (Å²) in [7, 11) is -2.83. The number of hydrogen-bond donors (Lipinski definition) is 0. The molecule has 0 saturated heterocycles. The van der Waals surface area contributed by atoms with E-state index in [0.717, 1.165) is 11.4 Å². The summed E-state index contributed by atoms with van der Waals surface area (Å²) in [6, 6.07) is 94.4. The third-order valence-electron chi connectivity index (χ3n) is 13.1. The topological polar surface area (TPSA) is 9.86 Å². The summed E-state index contributed by atoms with van der Waals surface area (Å²) in [5.41, 5.74) is 11.8. The first-order valence-corrected chi connectivity index (χ1v) is 23.8. The number of aromatic nitrogens is 2. The van der Waals surface area contributed by atoms with E-state index in [-0.39, 0.29) is 0 Å². The van der Waals surface area contributed by atoms with Crippen LogP contribution in [0.4, 0.5) is 0 Å². The summed E-state index contributed by atoms with van der Waals surface area (Å²) >= 11 is 0. The lowest BCUT2D eigenvalue weighted by Crippen LogP contribution is -2.74. The molecule has 0 aliphatic rings. The highest BCUT2D eigenvalue weighted by molar-refractivity contribution is 7.20. The summed E-state index contributed by atoms with van der Waals surface area (Å²) in [6.07, 6.45) is 0. The Hall–Kier alpha value is -7.98. The first kappa shape index (κ1) is 36.8. The molecule has 296 valence electrons. The van der Waals surface area contributed by atoms with Crippen LogP contribution in [-0.2, 0) is 0 Å². The standard InChI is InChI=1S/C60H42N2Si/c1-6-20-43(21-7-1)44-34-36-46(37-35-44)61-56-32-18-17-31-52(56)55-41-54(45-22-8-2-9-23-45)59(42-60(55)61)62-57-33-19-16-30-51(57)53-39-38-50(40-58(53)62)63(47-24-10-3-11-25-47,48-26-12-4-13-27-48)49-28-14-5-15-29-49/h1-42H. The van der Waals surface area contributed by atoms with Crippen molar-refractivity contribution in [2.45, 2.75) is 0 Å². The van der Waals surface area contributed by atoms with Gasteiger partial charge in [0.1, 0.15) is 0 Å². The molecule has 10 aromatic carbocycles. The lowest BCUT2D eigenvalue weighted by Gasteiger charge is -2.34. The smallest absolute Gasteiger partial charge is 0.179 e. The molecule has 63 heavy (non-hydrogen) atoms. The van der Waals surface area contributed by atoms with E-state index >= 15 is 0 Å². The SMILES string of the molecule is c1ccc(-c2ccc(-n3c4ccccc4c4cc(-c5ccccc5)c(-n5c6ccccc6c6ccc([Si](c7ccccc7)(c7ccccc7)c7ccccc7)cc65)cc43)cc2)cc1. The van der Waals surface area contributed by atoms with Crippen LogP contribution in [0.15, 0.2) is 255 Å². The van der Waals surface area contributed by atoms with Crippen LogP contribution in [0, 0.1) is 0 Å². The van der Waals surface area contributed by atoms with E-state index < -0.39 is 8.07 Å². The van der Waals surface area contributed by atoms with Gasteiger partial charge in [-0.2, -0.15) is 0 Å². The molecule has 0 unspecified atom stereocenters. The van der Waals surface area contributed by atoms with E-state index in [0.29, 0.717) is 0 Å². The largest absolute Gasteiger partial charge is 0.309 e. The van der Waals surface area contributed by atoms with Gasteiger partial charge in [0.05, 0.1) is 27.8 Å². The van der Waals surface area contributed by atoms with Crippen LogP contribution in [0.1, 0.15) is 0 Å². The van der Waals surface area contributed by atoms with Crippen LogP contribution in [0.2, 0.25) is 0 Å². The van der Waals surface area contributed by atoms with E-state index in [4.69, 9.17) is 0 Å². The van der Waals surface area contributed by atoms with Gasteiger partial charge in [-0.15, -0.1) is 0 Å². The highest BCUT2D eigenvalue weighted by atomic mass is 28.3. The zero-order valence-electron chi connectivity index (χ0n) is 34.6. The van der Waals surface area contributed by atoms with Crippen LogP contribution in [-0.4, -0.2) is 17.2 Å². The van der Waals surface area contributed by atoms with Crippen molar-refractivity contribution in [1.29, 1.82) is 0 Å². The van der Waals surface area contributed by atoms with E-state index in [1.807, 2.05) is 0 Å². The third-order valence-corrected chi connectivity index (χ3v) is 17.9. The minimum Gasteiger partial charge on any atom is -0.309 e. The molecule has 0 fully saturated rings. The summed E-state index contributed by atoms with van der Waals surface area (Å²) in [6.45, 7) is 0. The average molecular weight is 819 g/mol. The minimum absolute atomic E-state index is 1.13. The normalized spacial score (nSPS) is 11.8. The predicted molar refractivity (Wildman–Crippen MR) is 270 cm³/mol. The van der Waals surface area contributed by atoms with Gasteiger partial charge in [0.2, 0.25) is 0 Å². The summed E-state index contributed by atoms with van der Waals surface area (Å²) in [4.78, 5) is 0. The molecular formula is C60H42N2Si. The van der Waals surface area contributed by atoms with Gasteiger partial charge in [-0.25, -0.2) is 0 Å². The molecule has 0 bridgehead atoms. The maximum Gasteiger partial charge on any atom is 0.179 e.